The van der Waals surface area contributed by atoms with Crippen LogP contribution in [-0.4, -0.2) is 19.8 Å². The van der Waals surface area contributed by atoms with Crippen molar-refractivity contribution in [1.29, 1.82) is 0 Å². The molecule has 1 heterocycles. The molecule has 1 aromatic heterocycles. The van der Waals surface area contributed by atoms with Crippen LogP contribution in [0.3, 0.4) is 0 Å². The largest absolute Gasteiger partial charge is 0.453 e. The van der Waals surface area contributed by atoms with E-state index in [0.717, 1.165) is 16.4 Å². The maximum Gasteiger partial charge on any atom is 0.244 e. The lowest BCUT2D eigenvalue weighted by Crippen LogP contribution is -2.26. The summed E-state index contributed by atoms with van der Waals surface area (Å²) in [4.78, 5) is -0.102. The lowest BCUT2D eigenvalue weighted by molar-refractivity contribution is 0.398. The van der Waals surface area contributed by atoms with Crippen LogP contribution in [0.1, 0.15) is 5.76 Å². The monoisotopic (exact) mass is 440 g/mol. The highest BCUT2D eigenvalue weighted by atomic mass is 79.9. The van der Waals surface area contributed by atoms with Gasteiger partial charge in [-0.2, -0.15) is 4.31 Å². The van der Waals surface area contributed by atoms with Crippen LogP contribution in [0.4, 0.5) is 10.1 Å². The lowest BCUT2D eigenvalue weighted by Gasteiger charge is -2.17. The first-order chi connectivity index (χ1) is 9.71. The molecule has 2 aromatic rings. The lowest BCUT2D eigenvalue weighted by atomic mass is 10.3. The van der Waals surface area contributed by atoms with Crippen molar-refractivity contribution in [3.8, 4) is 0 Å². The van der Waals surface area contributed by atoms with E-state index in [1.807, 2.05) is 0 Å². The molecule has 2 rings (SSSR count). The van der Waals surface area contributed by atoms with Crippen LogP contribution in [0.2, 0.25) is 0 Å². The Bertz CT molecular complexity index is 777. The van der Waals surface area contributed by atoms with Crippen LogP contribution < -0.4 is 5.73 Å². The number of halogens is 3. The first-order valence-electron chi connectivity index (χ1n) is 5.67. The second-order valence-corrected chi connectivity index (χ2v) is 7.92. The number of rotatable bonds is 4. The zero-order valence-electron chi connectivity index (χ0n) is 10.8. The Hall–Kier alpha value is -0.900. The third-order valence-electron chi connectivity index (χ3n) is 2.75. The maximum absolute atomic E-state index is 13.3. The molecule has 0 aliphatic rings. The van der Waals surface area contributed by atoms with E-state index < -0.39 is 15.8 Å². The molecule has 0 fully saturated rings. The summed E-state index contributed by atoms with van der Waals surface area (Å²) < 4.78 is 45.3. The molecule has 0 spiro atoms. The Labute approximate surface area is 138 Å². The standard InChI is InChI=1S/C12H11Br2FN2O3S/c1-17(6-7-2-3-12(14)20-7)21(18,19)11-5-10(16)9(15)4-8(11)13/h2-5H,6,16H2,1H3. The van der Waals surface area contributed by atoms with Gasteiger partial charge in [-0.05, 0) is 56.1 Å². The van der Waals surface area contributed by atoms with Gasteiger partial charge >= 0.3 is 0 Å². The van der Waals surface area contributed by atoms with Crippen LogP contribution in [-0.2, 0) is 16.6 Å². The predicted molar refractivity (Wildman–Crippen MR) is 83.6 cm³/mol. The zero-order chi connectivity index (χ0) is 15.8. The smallest absolute Gasteiger partial charge is 0.244 e. The first-order valence-corrected chi connectivity index (χ1v) is 8.69. The Morgan fingerprint density at radius 2 is 2.00 bits per heavy atom. The van der Waals surface area contributed by atoms with Crippen molar-refractivity contribution in [3.05, 3.63) is 45.0 Å². The number of sulfonamides is 1. The average molecular weight is 442 g/mol. The van der Waals surface area contributed by atoms with E-state index in [1.165, 1.54) is 7.05 Å². The van der Waals surface area contributed by atoms with Crippen molar-refractivity contribution >= 4 is 47.6 Å². The number of anilines is 1. The summed E-state index contributed by atoms with van der Waals surface area (Å²) in [7, 11) is -2.43. The third kappa shape index (κ3) is 3.47. The summed E-state index contributed by atoms with van der Waals surface area (Å²) in [5, 5.41) is 0. The second kappa shape index (κ2) is 6.07. The van der Waals surface area contributed by atoms with Gasteiger partial charge in [0.15, 0.2) is 4.67 Å². The van der Waals surface area contributed by atoms with Gasteiger partial charge in [0.25, 0.3) is 0 Å². The fraction of sp³-hybridized carbons (Fsp3) is 0.167. The van der Waals surface area contributed by atoms with E-state index in [-0.39, 0.29) is 21.6 Å². The molecule has 0 radical (unpaired) electrons. The summed E-state index contributed by atoms with van der Waals surface area (Å²) in [6.45, 7) is 0.0393. The van der Waals surface area contributed by atoms with Gasteiger partial charge in [-0.15, -0.1) is 0 Å². The highest BCUT2D eigenvalue weighted by molar-refractivity contribution is 9.10. The van der Waals surface area contributed by atoms with Crippen LogP contribution in [0.5, 0.6) is 0 Å². The molecule has 0 aliphatic heterocycles. The second-order valence-electron chi connectivity index (χ2n) is 4.27. The van der Waals surface area contributed by atoms with E-state index in [4.69, 9.17) is 10.2 Å². The van der Waals surface area contributed by atoms with Crippen LogP contribution >= 0.6 is 31.9 Å². The van der Waals surface area contributed by atoms with Crippen LogP contribution in [0.25, 0.3) is 0 Å². The fourth-order valence-corrected chi connectivity index (χ4v) is 4.13. The summed E-state index contributed by atoms with van der Waals surface area (Å²) in [5.41, 5.74) is 5.21. The molecular formula is C12H11Br2FN2O3S. The first kappa shape index (κ1) is 16.5. The molecule has 2 N–H and O–H groups in total. The zero-order valence-corrected chi connectivity index (χ0v) is 14.8. The number of nitrogens with two attached hydrogens (primary N) is 1. The normalized spacial score (nSPS) is 12.0. The van der Waals surface area contributed by atoms with Gasteiger partial charge in [0.2, 0.25) is 10.0 Å². The summed E-state index contributed by atoms with van der Waals surface area (Å²) >= 11 is 6.19. The minimum absolute atomic E-state index is 0.0393. The molecule has 0 saturated carbocycles. The molecule has 0 unspecified atom stereocenters. The molecule has 114 valence electrons. The van der Waals surface area contributed by atoms with Crippen molar-refractivity contribution in [2.75, 3.05) is 12.8 Å². The van der Waals surface area contributed by atoms with Gasteiger partial charge in [-0.25, -0.2) is 12.8 Å². The number of furan rings is 1. The highest BCUT2D eigenvalue weighted by Gasteiger charge is 2.25. The number of hydrogen-bond acceptors (Lipinski definition) is 4. The molecule has 0 atom stereocenters. The van der Waals surface area contributed by atoms with E-state index >= 15 is 0 Å². The summed E-state index contributed by atoms with van der Waals surface area (Å²) in [5.74, 6) is -0.211. The van der Waals surface area contributed by atoms with Crippen molar-refractivity contribution in [1.82, 2.24) is 4.31 Å². The molecular weight excluding hydrogens is 431 g/mol. The Balaban J connectivity index is 2.35. The molecule has 0 bridgehead atoms. The van der Waals surface area contributed by atoms with E-state index in [1.54, 1.807) is 12.1 Å². The molecule has 1 aromatic carbocycles. The van der Waals surface area contributed by atoms with Gasteiger partial charge < -0.3 is 10.2 Å². The van der Waals surface area contributed by atoms with Crippen LogP contribution in [0.15, 0.2) is 42.7 Å². The summed E-state index contributed by atoms with van der Waals surface area (Å²) in [6, 6.07) is 5.44. The van der Waals surface area contributed by atoms with Crippen molar-refractivity contribution in [2.24, 2.45) is 0 Å². The average Bonchev–Trinajstić information content (AvgIpc) is 2.79. The molecule has 9 heteroatoms. The van der Waals surface area contributed by atoms with E-state index in [9.17, 15) is 12.8 Å². The molecule has 0 saturated heterocycles. The van der Waals surface area contributed by atoms with Gasteiger partial charge in [0, 0.05) is 11.5 Å². The molecule has 21 heavy (non-hydrogen) atoms. The minimum Gasteiger partial charge on any atom is -0.453 e. The van der Waals surface area contributed by atoms with Gasteiger partial charge in [0.1, 0.15) is 11.6 Å². The number of benzene rings is 1. The quantitative estimate of drug-likeness (QED) is 0.738. The third-order valence-corrected chi connectivity index (χ3v) is 5.93. The van der Waals surface area contributed by atoms with E-state index in [2.05, 4.69) is 31.9 Å². The van der Waals surface area contributed by atoms with Crippen molar-refractivity contribution in [2.45, 2.75) is 11.4 Å². The number of nitrogen functional groups attached to an aromatic ring is 1. The van der Waals surface area contributed by atoms with Crippen LogP contribution in [0, 0.1) is 5.82 Å². The predicted octanol–water partition coefficient (Wildman–Crippen LogP) is 3.35. The minimum atomic E-state index is -3.83. The van der Waals surface area contributed by atoms with Crippen molar-refractivity contribution < 1.29 is 17.2 Å². The Kier molecular flexibility index (Phi) is 4.76. The van der Waals surface area contributed by atoms with Gasteiger partial charge in [0.05, 0.1) is 17.1 Å². The fourth-order valence-electron chi connectivity index (χ4n) is 1.65. The number of hydrogen-bond donors (Lipinski definition) is 1. The van der Waals surface area contributed by atoms with Gasteiger partial charge in [-0.1, -0.05) is 0 Å². The molecule has 0 aliphatic carbocycles. The highest BCUT2D eigenvalue weighted by Crippen LogP contribution is 2.29. The maximum atomic E-state index is 13.3. The molecule has 0 amide bonds. The number of nitrogens with zero attached hydrogens (tertiary/aromatic N) is 1. The molecule has 5 nitrogen and oxygen atoms in total. The summed E-state index contributed by atoms with van der Waals surface area (Å²) in [6.07, 6.45) is 0. The van der Waals surface area contributed by atoms with Crippen molar-refractivity contribution in [3.63, 3.8) is 0 Å². The SMILES string of the molecule is CN(Cc1ccc(Br)o1)S(=O)(=O)c1cc(N)c(F)cc1Br. The van der Waals surface area contributed by atoms with E-state index in [0.29, 0.717) is 10.4 Å². The Morgan fingerprint density at radius 1 is 1.33 bits per heavy atom. The Morgan fingerprint density at radius 3 is 2.57 bits per heavy atom. The van der Waals surface area contributed by atoms with Gasteiger partial charge in [-0.3, -0.25) is 0 Å². The topological polar surface area (TPSA) is 76.5 Å².